The van der Waals surface area contributed by atoms with E-state index in [-0.39, 0.29) is 29.4 Å². The van der Waals surface area contributed by atoms with E-state index in [2.05, 4.69) is 24.3 Å². The van der Waals surface area contributed by atoms with E-state index in [4.69, 9.17) is 4.74 Å². The van der Waals surface area contributed by atoms with E-state index < -0.39 is 17.3 Å². The van der Waals surface area contributed by atoms with Crippen LogP contribution >= 0.6 is 11.3 Å². The van der Waals surface area contributed by atoms with E-state index in [1.54, 1.807) is 41.8 Å². The number of ether oxygens (including phenoxy) is 1. The first-order chi connectivity index (χ1) is 17.5. The van der Waals surface area contributed by atoms with Gasteiger partial charge in [-0.2, -0.15) is 0 Å². The summed E-state index contributed by atoms with van der Waals surface area (Å²) in [4.78, 5) is 43.0. The first kappa shape index (κ1) is 21.3. The summed E-state index contributed by atoms with van der Waals surface area (Å²) in [6, 6.07) is 26.6. The van der Waals surface area contributed by atoms with Gasteiger partial charge in [0.2, 0.25) is 11.8 Å². The van der Waals surface area contributed by atoms with E-state index in [1.807, 2.05) is 31.2 Å². The van der Waals surface area contributed by atoms with Gasteiger partial charge in [-0.3, -0.25) is 9.59 Å². The minimum atomic E-state index is -0.949. The molecule has 4 aliphatic rings. The Kier molecular flexibility index (Phi) is 4.42. The molecule has 2 bridgehead atoms. The van der Waals surface area contributed by atoms with Crippen molar-refractivity contribution in [2.75, 3.05) is 4.90 Å². The van der Waals surface area contributed by atoms with E-state index >= 15 is 0 Å². The molecule has 1 aliphatic heterocycles. The Morgan fingerprint density at radius 3 is 2.08 bits per heavy atom. The highest BCUT2D eigenvalue weighted by Gasteiger charge is 2.69. The molecule has 3 aliphatic carbocycles. The number of benzene rings is 3. The second-order valence-corrected chi connectivity index (χ2v) is 10.7. The third-order valence-corrected chi connectivity index (χ3v) is 8.89. The number of anilines is 1. The summed E-state index contributed by atoms with van der Waals surface area (Å²) in [5.74, 6) is -1.81. The summed E-state index contributed by atoms with van der Waals surface area (Å²) >= 11 is 1.28. The van der Waals surface area contributed by atoms with Crippen molar-refractivity contribution in [2.24, 2.45) is 11.3 Å². The summed E-state index contributed by atoms with van der Waals surface area (Å²) in [6.07, 6.45) is 0. The van der Waals surface area contributed by atoms with Crippen LogP contribution < -0.4 is 9.64 Å². The van der Waals surface area contributed by atoms with Crippen LogP contribution in [-0.4, -0.2) is 17.8 Å². The lowest BCUT2D eigenvalue weighted by atomic mass is 9.48. The third kappa shape index (κ3) is 2.62. The molecule has 0 radical (unpaired) electrons. The van der Waals surface area contributed by atoms with E-state index in [0.29, 0.717) is 10.6 Å². The Labute approximate surface area is 212 Å². The van der Waals surface area contributed by atoms with E-state index in [1.165, 1.54) is 16.2 Å². The van der Waals surface area contributed by atoms with Gasteiger partial charge in [-0.15, -0.1) is 11.3 Å². The molecule has 1 fully saturated rings. The fraction of sp³-hybridized carbons (Fsp3) is 0.167. The largest absolute Gasteiger partial charge is 0.420 e. The molecule has 0 N–H and O–H groups in total. The Hall–Kier alpha value is -4.03. The standard InChI is InChI=1S/C30H21NO4S/c1-30-25-19-11-4-2-9-17(19)24(18-10-3-5-12-20(18)25)26(30)27(32)31(29(30)34)21-13-6-7-14-22(21)35-28(33)23-15-8-16-36-23/h2-16,24-26H,1H3/t24?,25?,26-,30-/m0/s1. The molecule has 2 heterocycles. The second kappa shape index (κ2) is 7.48. The van der Waals surface area contributed by atoms with Crippen LogP contribution in [0.3, 0.4) is 0 Å². The number of hydrogen-bond donors (Lipinski definition) is 0. The van der Waals surface area contributed by atoms with Gasteiger partial charge in [-0.05, 0) is 52.8 Å². The number of hydrogen-bond acceptors (Lipinski definition) is 5. The number of esters is 1. The van der Waals surface area contributed by atoms with Crippen molar-refractivity contribution >= 4 is 34.8 Å². The molecular weight excluding hydrogens is 470 g/mol. The lowest BCUT2D eigenvalue weighted by Crippen LogP contribution is -2.49. The maximum atomic E-state index is 14.3. The Morgan fingerprint density at radius 2 is 1.44 bits per heavy atom. The van der Waals surface area contributed by atoms with Crippen molar-refractivity contribution in [3.8, 4) is 5.75 Å². The molecule has 2 amide bonds. The Bertz CT molecular complexity index is 1530. The summed E-state index contributed by atoms with van der Waals surface area (Å²) in [7, 11) is 0. The summed E-state index contributed by atoms with van der Waals surface area (Å²) in [5.41, 5.74) is 3.81. The summed E-state index contributed by atoms with van der Waals surface area (Å²) in [6.45, 7) is 1.93. The smallest absolute Gasteiger partial charge is 0.353 e. The summed E-state index contributed by atoms with van der Waals surface area (Å²) in [5, 5.41) is 1.80. The highest BCUT2D eigenvalue weighted by atomic mass is 32.1. The maximum Gasteiger partial charge on any atom is 0.353 e. The van der Waals surface area contributed by atoms with Gasteiger partial charge in [-0.1, -0.05) is 66.7 Å². The number of amides is 2. The van der Waals surface area contributed by atoms with Crippen LogP contribution in [0.2, 0.25) is 0 Å². The van der Waals surface area contributed by atoms with Crippen molar-refractivity contribution in [3.05, 3.63) is 117 Å². The van der Waals surface area contributed by atoms with Crippen LogP contribution in [0.5, 0.6) is 5.75 Å². The predicted molar refractivity (Wildman–Crippen MR) is 136 cm³/mol. The maximum absolute atomic E-state index is 14.3. The minimum absolute atomic E-state index is 0.197. The van der Waals surface area contributed by atoms with Crippen LogP contribution in [0.4, 0.5) is 5.69 Å². The van der Waals surface area contributed by atoms with Gasteiger partial charge in [0.15, 0.2) is 5.75 Å². The van der Waals surface area contributed by atoms with Gasteiger partial charge in [0.05, 0.1) is 17.0 Å². The van der Waals surface area contributed by atoms with Crippen LogP contribution in [-0.2, 0) is 9.59 Å². The zero-order chi connectivity index (χ0) is 24.6. The van der Waals surface area contributed by atoms with Gasteiger partial charge in [-0.25, -0.2) is 9.69 Å². The number of para-hydroxylation sites is 2. The SMILES string of the molecule is C[C@@]12C(=O)N(c3ccccc3OC(=O)c3cccs3)C(=O)[C@@H]1C1c3ccccc3C2c2ccccc21. The van der Waals surface area contributed by atoms with Crippen LogP contribution in [0.15, 0.2) is 90.3 Å². The van der Waals surface area contributed by atoms with Crippen molar-refractivity contribution < 1.29 is 19.1 Å². The molecule has 5 nitrogen and oxygen atoms in total. The fourth-order valence-corrected chi connectivity index (χ4v) is 7.22. The average molecular weight is 492 g/mol. The molecule has 0 saturated carbocycles. The minimum Gasteiger partial charge on any atom is -0.420 e. The lowest BCUT2D eigenvalue weighted by Gasteiger charge is -2.51. The molecule has 36 heavy (non-hydrogen) atoms. The van der Waals surface area contributed by atoms with Gasteiger partial charge >= 0.3 is 5.97 Å². The van der Waals surface area contributed by atoms with Gasteiger partial charge in [0.25, 0.3) is 0 Å². The molecule has 2 atom stereocenters. The van der Waals surface area contributed by atoms with Gasteiger partial charge in [0.1, 0.15) is 4.88 Å². The monoisotopic (exact) mass is 491 g/mol. The molecule has 1 saturated heterocycles. The topological polar surface area (TPSA) is 63.7 Å². The van der Waals surface area contributed by atoms with Crippen LogP contribution in [0.25, 0.3) is 0 Å². The second-order valence-electron chi connectivity index (χ2n) is 9.74. The zero-order valence-corrected chi connectivity index (χ0v) is 20.2. The third-order valence-electron chi connectivity index (χ3n) is 8.04. The Morgan fingerprint density at radius 1 is 0.833 bits per heavy atom. The average Bonchev–Trinajstić information content (AvgIpc) is 3.51. The molecule has 3 aromatic carbocycles. The molecule has 8 rings (SSSR count). The normalized spacial score (nSPS) is 25.4. The van der Waals surface area contributed by atoms with Crippen molar-refractivity contribution in [1.82, 2.24) is 0 Å². The van der Waals surface area contributed by atoms with Crippen molar-refractivity contribution in [1.29, 1.82) is 0 Å². The first-order valence-electron chi connectivity index (χ1n) is 11.9. The highest BCUT2D eigenvalue weighted by Crippen LogP contribution is 2.67. The lowest BCUT2D eigenvalue weighted by molar-refractivity contribution is -0.128. The first-order valence-corrected chi connectivity index (χ1v) is 12.8. The van der Waals surface area contributed by atoms with Crippen LogP contribution in [0.1, 0.15) is 50.7 Å². The number of carbonyl (C=O) groups is 3. The molecular formula is C30H21NO4S. The molecule has 1 aromatic heterocycles. The van der Waals surface area contributed by atoms with Crippen LogP contribution in [0, 0.1) is 11.3 Å². The fourth-order valence-electron chi connectivity index (χ4n) is 6.62. The van der Waals surface area contributed by atoms with E-state index in [0.717, 1.165) is 22.3 Å². The highest BCUT2D eigenvalue weighted by molar-refractivity contribution is 7.12. The van der Waals surface area contributed by atoms with Crippen molar-refractivity contribution in [3.63, 3.8) is 0 Å². The molecule has 4 aromatic rings. The van der Waals surface area contributed by atoms with E-state index in [9.17, 15) is 14.4 Å². The number of imide groups is 1. The number of nitrogens with zero attached hydrogens (tertiary/aromatic N) is 1. The summed E-state index contributed by atoms with van der Waals surface area (Å²) < 4.78 is 5.70. The van der Waals surface area contributed by atoms with Crippen molar-refractivity contribution in [2.45, 2.75) is 18.8 Å². The molecule has 176 valence electrons. The predicted octanol–water partition coefficient (Wildman–Crippen LogP) is 5.75. The quantitative estimate of drug-likeness (QED) is 0.208. The molecule has 0 spiro atoms. The molecule has 0 unspecified atom stereocenters. The van der Waals surface area contributed by atoms with Gasteiger partial charge in [0, 0.05) is 11.8 Å². The number of rotatable bonds is 3. The molecule has 6 heteroatoms. The zero-order valence-electron chi connectivity index (χ0n) is 19.4. The number of carbonyl (C=O) groups excluding carboxylic acids is 3. The Balaban J connectivity index is 1.37. The number of thiophene rings is 1. The van der Waals surface area contributed by atoms with Gasteiger partial charge < -0.3 is 4.74 Å².